The molecule has 1 atom stereocenters. The SMILES string of the molecule is CC1Cc2ccccc2N(c2ccc(CN)c(Br)c2)C1. The van der Waals surface area contributed by atoms with Gasteiger partial charge in [0.05, 0.1) is 0 Å². The van der Waals surface area contributed by atoms with Crippen molar-refractivity contribution in [3.63, 3.8) is 0 Å². The Morgan fingerprint density at radius 2 is 2.05 bits per heavy atom. The van der Waals surface area contributed by atoms with E-state index in [1.54, 1.807) is 0 Å². The molecule has 3 rings (SSSR count). The van der Waals surface area contributed by atoms with Gasteiger partial charge in [-0.15, -0.1) is 0 Å². The molecule has 0 aromatic heterocycles. The number of benzene rings is 2. The van der Waals surface area contributed by atoms with Gasteiger partial charge in [-0.2, -0.15) is 0 Å². The molecule has 2 N–H and O–H groups in total. The zero-order valence-corrected chi connectivity index (χ0v) is 13.2. The Labute approximate surface area is 128 Å². The lowest BCUT2D eigenvalue weighted by molar-refractivity contribution is 0.562. The largest absolute Gasteiger partial charge is 0.341 e. The molecule has 2 aromatic rings. The monoisotopic (exact) mass is 330 g/mol. The lowest BCUT2D eigenvalue weighted by Crippen LogP contribution is -2.30. The summed E-state index contributed by atoms with van der Waals surface area (Å²) in [7, 11) is 0. The molecular formula is C17H19BrN2. The van der Waals surface area contributed by atoms with Crippen LogP contribution in [-0.2, 0) is 13.0 Å². The predicted octanol–water partition coefficient (Wildman–Crippen LogP) is 4.24. The van der Waals surface area contributed by atoms with Crippen LogP contribution in [0.15, 0.2) is 46.9 Å². The second-order valence-electron chi connectivity index (χ2n) is 5.53. The van der Waals surface area contributed by atoms with E-state index < -0.39 is 0 Å². The predicted molar refractivity (Wildman–Crippen MR) is 88.3 cm³/mol. The number of rotatable bonds is 2. The van der Waals surface area contributed by atoms with Gasteiger partial charge in [0.2, 0.25) is 0 Å². The summed E-state index contributed by atoms with van der Waals surface area (Å²) in [5.74, 6) is 0.665. The van der Waals surface area contributed by atoms with Crippen molar-refractivity contribution in [1.82, 2.24) is 0 Å². The zero-order valence-electron chi connectivity index (χ0n) is 11.6. The molecule has 0 aliphatic carbocycles. The van der Waals surface area contributed by atoms with Gasteiger partial charge in [0, 0.05) is 28.9 Å². The first-order valence-corrected chi connectivity index (χ1v) is 7.82. The molecule has 1 unspecified atom stereocenters. The fraction of sp³-hybridized carbons (Fsp3) is 0.294. The van der Waals surface area contributed by atoms with E-state index in [9.17, 15) is 0 Å². The Morgan fingerprint density at radius 3 is 2.80 bits per heavy atom. The van der Waals surface area contributed by atoms with E-state index in [-0.39, 0.29) is 0 Å². The molecule has 0 radical (unpaired) electrons. The second-order valence-corrected chi connectivity index (χ2v) is 6.38. The van der Waals surface area contributed by atoms with Crippen LogP contribution >= 0.6 is 15.9 Å². The van der Waals surface area contributed by atoms with Crippen molar-refractivity contribution in [2.75, 3.05) is 11.4 Å². The topological polar surface area (TPSA) is 29.3 Å². The number of para-hydroxylation sites is 1. The molecular weight excluding hydrogens is 312 g/mol. The first-order valence-electron chi connectivity index (χ1n) is 7.03. The molecule has 0 spiro atoms. The molecule has 1 aliphatic rings. The Morgan fingerprint density at radius 1 is 1.25 bits per heavy atom. The van der Waals surface area contributed by atoms with E-state index in [4.69, 9.17) is 5.73 Å². The van der Waals surface area contributed by atoms with E-state index >= 15 is 0 Å². The Bertz CT molecular complexity index is 624. The van der Waals surface area contributed by atoms with Gasteiger partial charge in [0.25, 0.3) is 0 Å². The van der Waals surface area contributed by atoms with Gasteiger partial charge in [-0.1, -0.05) is 47.1 Å². The summed E-state index contributed by atoms with van der Waals surface area (Å²) in [6.45, 7) is 3.94. The van der Waals surface area contributed by atoms with Crippen LogP contribution in [0.3, 0.4) is 0 Å². The summed E-state index contributed by atoms with van der Waals surface area (Å²) < 4.78 is 1.09. The van der Waals surface area contributed by atoms with Crippen molar-refractivity contribution in [2.24, 2.45) is 11.7 Å². The molecule has 2 nitrogen and oxygen atoms in total. The summed E-state index contributed by atoms with van der Waals surface area (Å²) in [5.41, 5.74) is 10.9. The molecule has 0 saturated heterocycles. The number of nitrogens with two attached hydrogens (primary N) is 1. The molecule has 0 bridgehead atoms. The minimum absolute atomic E-state index is 0.563. The van der Waals surface area contributed by atoms with Crippen LogP contribution < -0.4 is 10.6 Å². The van der Waals surface area contributed by atoms with Gasteiger partial charge in [0.15, 0.2) is 0 Å². The fourth-order valence-corrected chi connectivity index (χ4v) is 3.44. The van der Waals surface area contributed by atoms with Crippen LogP contribution in [0, 0.1) is 5.92 Å². The highest BCUT2D eigenvalue weighted by Gasteiger charge is 2.22. The Hall–Kier alpha value is -1.32. The number of hydrogen-bond donors (Lipinski definition) is 1. The van der Waals surface area contributed by atoms with Crippen LogP contribution in [-0.4, -0.2) is 6.54 Å². The third-order valence-corrected chi connectivity index (χ3v) is 4.65. The minimum Gasteiger partial charge on any atom is -0.341 e. The molecule has 104 valence electrons. The average Bonchev–Trinajstić information content (AvgIpc) is 2.46. The highest BCUT2D eigenvalue weighted by molar-refractivity contribution is 9.10. The van der Waals surface area contributed by atoms with Gasteiger partial charge >= 0.3 is 0 Å². The van der Waals surface area contributed by atoms with Gasteiger partial charge in [0.1, 0.15) is 0 Å². The molecule has 20 heavy (non-hydrogen) atoms. The normalized spacial score (nSPS) is 17.9. The van der Waals surface area contributed by atoms with Crippen LogP contribution in [0.2, 0.25) is 0 Å². The first kappa shape index (κ1) is 13.7. The van der Waals surface area contributed by atoms with Crippen LogP contribution in [0.1, 0.15) is 18.1 Å². The summed E-state index contributed by atoms with van der Waals surface area (Å²) >= 11 is 3.62. The number of anilines is 2. The average molecular weight is 331 g/mol. The minimum atomic E-state index is 0.563. The smallest absolute Gasteiger partial charge is 0.0443 e. The maximum Gasteiger partial charge on any atom is 0.0443 e. The maximum absolute atomic E-state index is 5.73. The van der Waals surface area contributed by atoms with Crippen molar-refractivity contribution >= 4 is 27.3 Å². The van der Waals surface area contributed by atoms with Gasteiger partial charge in [-0.25, -0.2) is 0 Å². The van der Waals surface area contributed by atoms with E-state index in [1.165, 1.54) is 16.9 Å². The Balaban J connectivity index is 2.04. The van der Waals surface area contributed by atoms with E-state index in [2.05, 4.69) is 70.2 Å². The zero-order chi connectivity index (χ0) is 14.1. The third kappa shape index (κ3) is 2.48. The van der Waals surface area contributed by atoms with Gasteiger partial charge in [-0.05, 0) is 41.7 Å². The molecule has 0 saturated carbocycles. The van der Waals surface area contributed by atoms with E-state index in [0.717, 1.165) is 23.0 Å². The summed E-state index contributed by atoms with van der Waals surface area (Å²) in [6.07, 6.45) is 1.16. The molecule has 1 heterocycles. The molecule has 1 aliphatic heterocycles. The van der Waals surface area contributed by atoms with Crippen LogP contribution in [0.5, 0.6) is 0 Å². The van der Waals surface area contributed by atoms with Crippen molar-refractivity contribution in [3.05, 3.63) is 58.1 Å². The molecule has 2 aromatic carbocycles. The molecule has 0 fully saturated rings. The number of hydrogen-bond acceptors (Lipinski definition) is 2. The van der Waals surface area contributed by atoms with Gasteiger partial charge in [-0.3, -0.25) is 0 Å². The highest BCUT2D eigenvalue weighted by Crippen LogP contribution is 2.36. The lowest BCUT2D eigenvalue weighted by atomic mass is 9.93. The standard InChI is InChI=1S/C17H19BrN2/c1-12-8-13-4-2-3-5-17(13)20(11-12)15-7-6-14(10-19)16(18)9-15/h2-7,9,12H,8,10-11,19H2,1H3. The quantitative estimate of drug-likeness (QED) is 0.892. The summed E-state index contributed by atoms with van der Waals surface area (Å²) in [4.78, 5) is 2.41. The van der Waals surface area contributed by atoms with Crippen LogP contribution in [0.4, 0.5) is 11.4 Å². The van der Waals surface area contributed by atoms with E-state index in [1.807, 2.05) is 0 Å². The van der Waals surface area contributed by atoms with Gasteiger partial charge < -0.3 is 10.6 Å². The maximum atomic E-state index is 5.73. The highest BCUT2D eigenvalue weighted by atomic mass is 79.9. The third-order valence-electron chi connectivity index (χ3n) is 3.91. The number of halogens is 1. The summed E-state index contributed by atoms with van der Waals surface area (Å²) in [6, 6.07) is 15.2. The second kappa shape index (κ2) is 5.58. The van der Waals surface area contributed by atoms with Crippen molar-refractivity contribution in [3.8, 4) is 0 Å². The molecule has 0 amide bonds. The van der Waals surface area contributed by atoms with Crippen LogP contribution in [0.25, 0.3) is 0 Å². The van der Waals surface area contributed by atoms with E-state index in [0.29, 0.717) is 12.5 Å². The summed E-state index contributed by atoms with van der Waals surface area (Å²) in [5, 5.41) is 0. The van der Waals surface area contributed by atoms with Crippen molar-refractivity contribution < 1.29 is 0 Å². The fourth-order valence-electron chi connectivity index (χ4n) is 2.91. The molecule has 3 heteroatoms. The Kier molecular flexibility index (Phi) is 3.81. The first-order chi connectivity index (χ1) is 9.69. The lowest BCUT2D eigenvalue weighted by Gasteiger charge is -2.35. The number of fused-ring (bicyclic) bond motifs is 1. The number of nitrogens with zero attached hydrogens (tertiary/aromatic N) is 1. The van der Waals surface area contributed by atoms with Crippen molar-refractivity contribution in [2.45, 2.75) is 19.9 Å². The van der Waals surface area contributed by atoms with Crippen molar-refractivity contribution in [1.29, 1.82) is 0 Å².